The van der Waals surface area contributed by atoms with E-state index in [2.05, 4.69) is 86.6 Å². The lowest BCUT2D eigenvalue weighted by Gasteiger charge is -2.21. The number of hydrogen-bond acceptors (Lipinski definition) is 2. The normalized spacial score (nSPS) is 10.8. The molecule has 38 heavy (non-hydrogen) atoms. The van der Waals surface area contributed by atoms with Crippen LogP contribution in [0.2, 0.25) is 0 Å². The second kappa shape index (κ2) is 9.36. The minimum absolute atomic E-state index is 0.657. The van der Waals surface area contributed by atoms with Gasteiger partial charge < -0.3 is 0 Å². The van der Waals surface area contributed by atoms with E-state index in [1.54, 1.807) is 0 Å². The van der Waals surface area contributed by atoms with Gasteiger partial charge in [-0.15, -0.1) is 0 Å². The topological polar surface area (TPSA) is 47.6 Å². The van der Waals surface area contributed by atoms with Crippen molar-refractivity contribution in [2.24, 2.45) is 0 Å². The number of rotatable bonds is 3. The zero-order valence-electron chi connectivity index (χ0n) is 21.3. The van der Waals surface area contributed by atoms with E-state index in [4.69, 9.17) is 0 Å². The molecule has 0 aliphatic heterocycles. The van der Waals surface area contributed by atoms with Crippen molar-refractivity contribution in [3.63, 3.8) is 0 Å². The van der Waals surface area contributed by atoms with Gasteiger partial charge in [-0.1, -0.05) is 72.8 Å². The highest BCUT2D eigenvalue weighted by Crippen LogP contribution is 2.45. The maximum absolute atomic E-state index is 9.30. The van der Waals surface area contributed by atoms with Gasteiger partial charge in [0.25, 0.3) is 0 Å². The molecule has 0 heterocycles. The number of hydrogen-bond donors (Lipinski definition) is 0. The summed E-state index contributed by atoms with van der Waals surface area (Å²) in [6.07, 6.45) is 0. The summed E-state index contributed by atoms with van der Waals surface area (Å²) in [6, 6.07) is 41.8. The predicted molar refractivity (Wildman–Crippen MR) is 157 cm³/mol. The zero-order chi connectivity index (χ0) is 26.2. The summed E-state index contributed by atoms with van der Waals surface area (Å²) < 4.78 is 0. The summed E-state index contributed by atoms with van der Waals surface area (Å²) in [5.41, 5.74) is 10.7. The molecular weight excluding hydrogens is 460 g/mol. The van der Waals surface area contributed by atoms with E-state index in [1.165, 1.54) is 43.8 Å². The van der Waals surface area contributed by atoms with Gasteiger partial charge in [0.05, 0.1) is 23.3 Å². The van der Waals surface area contributed by atoms with Crippen molar-refractivity contribution in [1.82, 2.24) is 0 Å². The third-order valence-electron chi connectivity index (χ3n) is 7.52. The molecule has 0 N–H and O–H groups in total. The smallest absolute Gasteiger partial charge is 0.0991 e. The van der Waals surface area contributed by atoms with E-state index in [9.17, 15) is 10.5 Å². The van der Waals surface area contributed by atoms with Crippen LogP contribution in [-0.2, 0) is 0 Å². The second-order valence-corrected chi connectivity index (χ2v) is 9.67. The third kappa shape index (κ3) is 3.81. The monoisotopic (exact) mass is 484 g/mol. The summed E-state index contributed by atoms with van der Waals surface area (Å²) in [5, 5.41) is 23.4. The average Bonchev–Trinajstić information content (AvgIpc) is 2.97. The number of benzene rings is 6. The molecule has 0 aromatic heterocycles. The van der Waals surface area contributed by atoms with Crippen LogP contribution in [0, 0.1) is 36.5 Å². The van der Waals surface area contributed by atoms with Gasteiger partial charge >= 0.3 is 0 Å². The number of nitriles is 2. The fourth-order valence-corrected chi connectivity index (χ4v) is 5.59. The first-order chi connectivity index (χ1) is 18.6. The van der Waals surface area contributed by atoms with E-state index in [0.29, 0.717) is 11.1 Å². The van der Waals surface area contributed by atoms with Gasteiger partial charge in [0, 0.05) is 0 Å². The SMILES string of the molecule is Cc1c(-c2ccc(C#N)cc2)cc2ccccc2c1-c1c(C)c(-c2ccc(C#N)cc2)cc2ccccc12. The molecule has 6 rings (SSSR count). The van der Waals surface area contributed by atoms with Gasteiger partial charge in [0.15, 0.2) is 0 Å². The average molecular weight is 485 g/mol. The fourth-order valence-electron chi connectivity index (χ4n) is 5.59. The van der Waals surface area contributed by atoms with E-state index in [0.717, 1.165) is 22.3 Å². The van der Waals surface area contributed by atoms with Crippen molar-refractivity contribution >= 4 is 21.5 Å². The van der Waals surface area contributed by atoms with E-state index < -0.39 is 0 Å². The van der Waals surface area contributed by atoms with Crippen LogP contribution in [-0.4, -0.2) is 0 Å². The molecule has 0 saturated carbocycles. The minimum atomic E-state index is 0.657. The molecule has 2 nitrogen and oxygen atoms in total. The molecule has 0 spiro atoms. The van der Waals surface area contributed by atoms with Gasteiger partial charge in [-0.2, -0.15) is 10.5 Å². The standard InChI is InChI=1S/C36H24N2/c1-23-33(27-15-11-25(21-37)12-16-27)19-29-7-3-5-9-31(29)35(23)36-24(2)34(20-30-8-4-6-10-32(30)36)28-17-13-26(22-38)14-18-28/h3-20H,1-2H3. The van der Waals surface area contributed by atoms with Crippen LogP contribution in [0.1, 0.15) is 22.3 Å². The Labute approximate surface area is 222 Å². The van der Waals surface area contributed by atoms with Crippen LogP contribution in [0.4, 0.5) is 0 Å². The Balaban J connectivity index is 1.72. The quantitative estimate of drug-likeness (QED) is 0.251. The molecule has 6 aromatic carbocycles. The Morgan fingerprint density at radius 2 is 0.842 bits per heavy atom. The van der Waals surface area contributed by atoms with Crippen LogP contribution in [0.15, 0.2) is 109 Å². The lowest BCUT2D eigenvalue weighted by Crippen LogP contribution is -1.97. The number of nitrogens with zero attached hydrogens (tertiary/aromatic N) is 2. The molecule has 0 radical (unpaired) electrons. The summed E-state index contributed by atoms with van der Waals surface area (Å²) in [6.45, 7) is 4.41. The van der Waals surface area contributed by atoms with Crippen molar-refractivity contribution in [2.75, 3.05) is 0 Å². The van der Waals surface area contributed by atoms with Gasteiger partial charge in [-0.3, -0.25) is 0 Å². The Morgan fingerprint density at radius 1 is 0.474 bits per heavy atom. The summed E-state index contributed by atoms with van der Waals surface area (Å²) >= 11 is 0. The van der Waals surface area contributed by atoms with Crippen molar-refractivity contribution in [2.45, 2.75) is 13.8 Å². The van der Waals surface area contributed by atoms with Crippen LogP contribution < -0.4 is 0 Å². The Kier molecular flexibility index (Phi) is 5.72. The minimum Gasteiger partial charge on any atom is -0.192 e. The molecule has 0 aliphatic rings. The Bertz CT molecular complexity index is 1790. The number of fused-ring (bicyclic) bond motifs is 2. The zero-order valence-corrected chi connectivity index (χ0v) is 21.3. The lowest BCUT2D eigenvalue weighted by atomic mass is 9.82. The van der Waals surface area contributed by atoms with Gasteiger partial charge in [-0.25, -0.2) is 0 Å². The van der Waals surface area contributed by atoms with E-state index in [-0.39, 0.29) is 0 Å². The molecular formula is C36H24N2. The molecule has 178 valence electrons. The van der Waals surface area contributed by atoms with Crippen molar-refractivity contribution < 1.29 is 0 Å². The van der Waals surface area contributed by atoms with Crippen LogP contribution >= 0.6 is 0 Å². The van der Waals surface area contributed by atoms with Gasteiger partial charge in [-0.05, 0) is 116 Å². The van der Waals surface area contributed by atoms with Crippen LogP contribution in [0.5, 0.6) is 0 Å². The largest absolute Gasteiger partial charge is 0.192 e. The fraction of sp³-hybridized carbons (Fsp3) is 0.0556. The lowest BCUT2D eigenvalue weighted by molar-refractivity contribution is 1.43. The second-order valence-electron chi connectivity index (χ2n) is 9.67. The van der Waals surface area contributed by atoms with Crippen molar-refractivity contribution in [1.29, 1.82) is 10.5 Å². The maximum atomic E-state index is 9.30. The highest BCUT2D eigenvalue weighted by atomic mass is 14.3. The molecule has 0 fully saturated rings. The summed E-state index contributed by atoms with van der Waals surface area (Å²) in [5.74, 6) is 0. The van der Waals surface area contributed by atoms with Gasteiger partial charge in [0.2, 0.25) is 0 Å². The van der Waals surface area contributed by atoms with Gasteiger partial charge in [0.1, 0.15) is 0 Å². The van der Waals surface area contributed by atoms with E-state index in [1.807, 2.05) is 48.5 Å². The Morgan fingerprint density at radius 3 is 1.21 bits per heavy atom. The molecule has 0 amide bonds. The molecule has 2 heteroatoms. The Hall–Kier alpha value is -5.18. The third-order valence-corrected chi connectivity index (χ3v) is 7.52. The summed E-state index contributed by atoms with van der Waals surface area (Å²) in [7, 11) is 0. The van der Waals surface area contributed by atoms with Crippen molar-refractivity contribution in [3.05, 3.63) is 131 Å². The van der Waals surface area contributed by atoms with Crippen LogP contribution in [0.3, 0.4) is 0 Å². The first-order valence-corrected chi connectivity index (χ1v) is 12.6. The molecule has 6 aromatic rings. The van der Waals surface area contributed by atoms with E-state index >= 15 is 0 Å². The first-order valence-electron chi connectivity index (χ1n) is 12.6. The first kappa shape index (κ1) is 23.2. The molecule has 0 bridgehead atoms. The highest BCUT2D eigenvalue weighted by molar-refractivity contribution is 6.11. The predicted octanol–water partition coefficient (Wildman–Crippen LogP) is 9.35. The maximum Gasteiger partial charge on any atom is 0.0991 e. The molecule has 0 unspecified atom stereocenters. The van der Waals surface area contributed by atoms with Crippen molar-refractivity contribution in [3.8, 4) is 45.5 Å². The molecule has 0 aliphatic carbocycles. The molecule has 0 saturated heterocycles. The summed E-state index contributed by atoms with van der Waals surface area (Å²) in [4.78, 5) is 0. The van der Waals surface area contributed by atoms with Crippen LogP contribution in [0.25, 0.3) is 54.9 Å². The highest BCUT2D eigenvalue weighted by Gasteiger charge is 2.19. The molecule has 0 atom stereocenters.